The van der Waals surface area contributed by atoms with Gasteiger partial charge in [-0.15, -0.1) is 0 Å². The molecule has 0 fully saturated rings. The number of nitrogen functional groups attached to an aromatic ring is 1. The third-order valence-electron chi connectivity index (χ3n) is 2.61. The minimum absolute atomic E-state index is 0.384. The standard InChI is InChI=1S/C10H12F3N3O4S/c1-15(6-5-10(11,12)13)21(19,20)8-4-2-3-7(14)9(8)16(17)18/h2-4H,5-6,14H2,1H3. The van der Waals surface area contributed by atoms with E-state index in [1.165, 1.54) is 6.07 Å². The Morgan fingerprint density at radius 1 is 1.38 bits per heavy atom. The Bertz CT molecular complexity index is 645. The maximum absolute atomic E-state index is 12.1. The van der Waals surface area contributed by atoms with E-state index in [0.29, 0.717) is 4.31 Å². The summed E-state index contributed by atoms with van der Waals surface area (Å²) in [4.78, 5) is 9.17. The number of hydrogen-bond acceptors (Lipinski definition) is 5. The molecule has 11 heteroatoms. The average Bonchev–Trinajstić information content (AvgIpc) is 2.34. The van der Waals surface area contributed by atoms with Gasteiger partial charge in [0.25, 0.3) is 0 Å². The SMILES string of the molecule is CN(CCC(F)(F)F)S(=O)(=O)c1cccc(N)c1[N+](=O)[O-]. The molecule has 0 saturated heterocycles. The van der Waals surface area contributed by atoms with E-state index in [4.69, 9.17) is 5.73 Å². The third-order valence-corrected chi connectivity index (χ3v) is 4.50. The Morgan fingerprint density at radius 2 is 1.95 bits per heavy atom. The van der Waals surface area contributed by atoms with Crippen LogP contribution in [0.1, 0.15) is 6.42 Å². The zero-order chi connectivity index (χ0) is 16.4. The summed E-state index contributed by atoms with van der Waals surface area (Å²) in [5.74, 6) is 0. The molecule has 0 aliphatic rings. The Hall–Kier alpha value is -1.88. The number of anilines is 1. The van der Waals surface area contributed by atoms with E-state index in [9.17, 15) is 31.7 Å². The predicted octanol–water partition coefficient (Wildman–Crippen LogP) is 1.75. The molecule has 0 spiro atoms. The number of benzene rings is 1. The molecule has 1 aromatic carbocycles. The van der Waals surface area contributed by atoms with Crippen molar-refractivity contribution in [3.8, 4) is 0 Å². The molecule has 1 rings (SSSR count). The predicted molar refractivity (Wildman–Crippen MR) is 68.0 cm³/mol. The number of halogens is 3. The van der Waals surface area contributed by atoms with Gasteiger partial charge in [-0.2, -0.15) is 13.2 Å². The topological polar surface area (TPSA) is 107 Å². The van der Waals surface area contributed by atoms with Crippen LogP contribution in [0.5, 0.6) is 0 Å². The number of nitrogens with two attached hydrogens (primary N) is 1. The van der Waals surface area contributed by atoms with E-state index in [0.717, 1.165) is 19.2 Å². The molecule has 0 saturated carbocycles. The average molecular weight is 327 g/mol. The molecule has 0 radical (unpaired) electrons. The lowest BCUT2D eigenvalue weighted by atomic mass is 10.3. The van der Waals surface area contributed by atoms with Gasteiger partial charge in [0.15, 0.2) is 4.90 Å². The van der Waals surface area contributed by atoms with Crippen LogP contribution in [0.2, 0.25) is 0 Å². The zero-order valence-electron chi connectivity index (χ0n) is 10.8. The van der Waals surface area contributed by atoms with Crippen LogP contribution in [0.15, 0.2) is 23.1 Å². The summed E-state index contributed by atoms with van der Waals surface area (Å²) >= 11 is 0. The van der Waals surface area contributed by atoms with Gasteiger partial charge in [-0.3, -0.25) is 10.1 Å². The molecule has 0 aromatic heterocycles. The van der Waals surface area contributed by atoms with Gasteiger partial charge in [0.1, 0.15) is 5.69 Å². The van der Waals surface area contributed by atoms with Crippen LogP contribution in [-0.2, 0) is 10.0 Å². The fourth-order valence-corrected chi connectivity index (χ4v) is 2.87. The third kappa shape index (κ3) is 4.04. The normalized spacial score (nSPS) is 12.6. The molecule has 118 valence electrons. The van der Waals surface area contributed by atoms with E-state index in [2.05, 4.69) is 0 Å². The number of sulfonamides is 1. The van der Waals surface area contributed by atoms with Crippen molar-refractivity contribution in [2.45, 2.75) is 17.5 Å². The Balaban J connectivity index is 3.20. The van der Waals surface area contributed by atoms with Crippen molar-refractivity contribution in [3.63, 3.8) is 0 Å². The number of alkyl halides is 3. The minimum Gasteiger partial charge on any atom is -0.393 e. The second-order valence-corrected chi connectivity index (χ2v) is 6.16. The smallest absolute Gasteiger partial charge is 0.390 e. The largest absolute Gasteiger partial charge is 0.393 e. The summed E-state index contributed by atoms with van der Waals surface area (Å²) in [7, 11) is -3.54. The zero-order valence-corrected chi connectivity index (χ0v) is 11.6. The highest BCUT2D eigenvalue weighted by Crippen LogP contribution is 2.32. The van der Waals surface area contributed by atoms with Crippen molar-refractivity contribution in [2.24, 2.45) is 0 Å². The van der Waals surface area contributed by atoms with Crippen molar-refractivity contribution in [3.05, 3.63) is 28.3 Å². The first-order chi connectivity index (χ1) is 9.47. The van der Waals surface area contributed by atoms with Crippen molar-refractivity contribution >= 4 is 21.4 Å². The molecule has 0 heterocycles. The Kier molecular flexibility index (Phi) is 4.79. The number of nitrogens with zero attached hydrogens (tertiary/aromatic N) is 2. The minimum atomic E-state index is -4.54. The van der Waals surface area contributed by atoms with E-state index >= 15 is 0 Å². The second-order valence-electron chi connectivity index (χ2n) is 4.14. The molecule has 0 aliphatic heterocycles. The maximum atomic E-state index is 12.1. The van der Waals surface area contributed by atoms with Crippen LogP contribution in [0.4, 0.5) is 24.5 Å². The summed E-state index contributed by atoms with van der Waals surface area (Å²) in [6.07, 6.45) is -5.90. The van der Waals surface area contributed by atoms with Gasteiger partial charge in [-0.05, 0) is 12.1 Å². The number of hydrogen-bond donors (Lipinski definition) is 1. The Morgan fingerprint density at radius 3 is 2.43 bits per heavy atom. The first-order valence-corrected chi connectivity index (χ1v) is 6.97. The molecule has 0 atom stereocenters. The van der Waals surface area contributed by atoms with E-state index in [1.807, 2.05) is 0 Å². The number of rotatable bonds is 5. The molecular formula is C10H12F3N3O4S. The van der Waals surface area contributed by atoms with E-state index in [1.54, 1.807) is 0 Å². The van der Waals surface area contributed by atoms with Crippen LogP contribution < -0.4 is 5.73 Å². The molecule has 21 heavy (non-hydrogen) atoms. The van der Waals surface area contributed by atoms with Gasteiger partial charge < -0.3 is 5.73 Å². The monoisotopic (exact) mass is 327 g/mol. The molecule has 1 aromatic rings. The van der Waals surface area contributed by atoms with Gasteiger partial charge in [-0.1, -0.05) is 6.07 Å². The van der Waals surface area contributed by atoms with Crippen molar-refractivity contribution in [2.75, 3.05) is 19.3 Å². The van der Waals surface area contributed by atoms with Crippen LogP contribution in [-0.4, -0.2) is 37.4 Å². The summed E-state index contributed by atoms with van der Waals surface area (Å²) in [5, 5.41) is 10.9. The van der Waals surface area contributed by atoms with E-state index in [-0.39, 0.29) is 5.69 Å². The maximum Gasteiger partial charge on any atom is 0.390 e. The quantitative estimate of drug-likeness (QED) is 0.504. The summed E-state index contributed by atoms with van der Waals surface area (Å²) in [5.41, 5.74) is 4.12. The second kappa shape index (κ2) is 5.85. The van der Waals surface area contributed by atoms with Gasteiger partial charge in [-0.25, -0.2) is 12.7 Å². The van der Waals surface area contributed by atoms with Crippen molar-refractivity contribution < 1.29 is 26.5 Å². The van der Waals surface area contributed by atoms with Gasteiger partial charge in [0, 0.05) is 13.6 Å². The van der Waals surface area contributed by atoms with E-state index < -0.39 is 44.7 Å². The summed E-state index contributed by atoms with van der Waals surface area (Å²) in [6, 6.07) is 3.23. The lowest BCUT2D eigenvalue weighted by molar-refractivity contribution is -0.386. The van der Waals surface area contributed by atoms with Gasteiger partial charge >= 0.3 is 11.9 Å². The molecule has 2 N–H and O–H groups in total. The summed E-state index contributed by atoms with van der Waals surface area (Å²) < 4.78 is 61.0. The first-order valence-electron chi connectivity index (χ1n) is 5.53. The molecule has 0 bridgehead atoms. The Labute approximate surface area is 118 Å². The molecular weight excluding hydrogens is 315 g/mol. The molecule has 7 nitrogen and oxygen atoms in total. The molecule has 0 aliphatic carbocycles. The fourth-order valence-electron chi connectivity index (χ4n) is 1.52. The summed E-state index contributed by atoms with van der Waals surface area (Å²) in [6.45, 7) is -0.849. The van der Waals surface area contributed by atoms with Crippen LogP contribution in [0.25, 0.3) is 0 Å². The number of para-hydroxylation sites is 1. The van der Waals surface area contributed by atoms with Gasteiger partial charge in [0.2, 0.25) is 10.0 Å². The van der Waals surface area contributed by atoms with Crippen LogP contribution >= 0.6 is 0 Å². The van der Waals surface area contributed by atoms with Crippen molar-refractivity contribution in [1.29, 1.82) is 0 Å². The lowest BCUT2D eigenvalue weighted by Crippen LogP contribution is -2.31. The van der Waals surface area contributed by atoms with Gasteiger partial charge in [0.05, 0.1) is 11.3 Å². The van der Waals surface area contributed by atoms with Crippen LogP contribution in [0.3, 0.4) is 0 Å². The first kappa shape index (κ1) is 17.2. The highest BCUT2D eigenvalue weighted by atomic mass is 32.2. The number of nitro groups is 1. The fraction of sp³-hybridized carbons (Fsp3) is 0.400. The molecule has 0 amide bonds. The lowest BCUT2D eigenvalue weighted by Gasteiger charge is -2.18. The highest BCUT2D eigenvalue weighted by molar-refractivity contribution is 7.89. The van der Waals surface area contributed by atoms with Crippen molar-refractivity contribution in [1.82, 2.24) is 4.31 Å². The molecule has 0 unspecified atom stereocenters. The number of nitro benzene ring substituents is 1. The highest BCUT2D eigenvalue weighted by Gasteiger charge is 2.34. The van der Waals surface area contributed by atoms with Crippen LogP contribution in [0, 0.1) is 10.1 Å².